The van der Waals surface area contributed by atoms with Gasteiger partial charge in [0.15, 0.2) is 0 Å². The molecule has 4 heterocycles. The van der Waals surface area contributed by atoms with E-state index >= 15 is 0 Å². The molecular formula is C46H24O4. The highest BCUT2D eigenvalue weighted by Crippen LogP contribution is 2.49. The van der Waals surface area contributed by atoms with Crippen LogP contribution in [0.25, 0.3) is 121 Å². The molecular weight excluding hydrogens is 617 g/mol. The largest absolute Gasteiger partial charge is 0.464 e. The molecule has 12 rings (SSSR count). The highest BCUT2D eigenvalue weighted by atomic mass is 16.3. The predicted molar refractivity (Wildman–Crippen MR) is 204 cm³/mol. The average molecular weight is 641 g/mol. The quantitative estimate of drug-likeness (QED) is 0.176. The maximum Gasteiger partial charge on any atom is 0.147 e. The van der Waals surface area contributed by atoms with Crippen molar-refractivity contribution in [3.8, 4) is 22.3 Å². The van der Waals surface area contributed by atoms with E-state index in [0.29, 0.717) is 0 Å². The number of para-hydroxylation sites is 2. The number of benzene rings is 8. The van der Waals surface area contributed by atoms with Crippen LogP contribution in [0.5, 0.6) is 0 Å². The first kappa shape index (κ1) is 26.2. The number of hydrogen-bond donors (Lipinski definition) is 0. The van der Waals surface area contributed by atoms with Gasteiger partial charge in [-0.1, -0.05) is 97.1 Å². The van der Waals surface area contributed by atoms with E-state index in [0.717, 1.165) is 115 Å². The zero-order valence-electron chi connectivity index (χ0n) is 26.5. The highest BCUT2D eigenvalue weighted by molar-refractivity contribution is 6.29. The number of hydrogen-bond acceptors (Lipinski definition) is 4. The summed E-state index contributed by atoms with van der Waals surface area (Å²) in [7, 11) is 0. The second kappa shape index (κ2) is 9.43. The smallest absolute Gasteiger partial charge is 0.147 e. The topological polar surface area (TPSA) is 52.6 Å². The molecule has 0 amide bonds. The Morgan fingerprint density at radius 1 is 0.300 bits per heavy atom. The Morgan fingerprint density at radius 3 is 1.60 bits per heavy atom. The molecule has 0 aliphatic heterocycles. The molecule has 4 nitrogen and oxygen atoms in total. The lowest BCUT2D eigenvalue weighted by Gasteiger charge is -2.17. The summed E-state index contributed by atoms with van der Waals surface area (Å²) in [5.74, 6) is 0. The lowest BCUT2D eigenvalue weighted by Crippen LogP contribution is -1.91. The highest BCUT2D eigenvalue weighted by Gasteiger charge is 2.24. The summed E-state index contributed by atoms with van der Waals surface area (Å²) in [4.78, 5) is 0. The molecule has 232 valence electrons. The Hall–Kier alpha value is -6.78. The molecule has 0 atom stereocenters. The fourth-order valence-corrected chi connectivity index (χ4v) is 8.45. The van der Waals surface area contributed by atoms with Gasteiger partial charge in [0.2, 0.25) is 0 Å². The molecule has 0 unspecified atom stereocenters. The molecule has 0 saturated heterocycles. The van der Waals surface area contributed by atoms with Crippen LogP contribution >= 0.6 is 0 Å². The van der Waals surface area contributed by atoms with Gasteiger partial charge in [-0.3, -0.25) is 0 Å². The Bertz CT molecular complexity index is 3330. The Balaban J connectivity index is 1.19. The van der Waals surface area contributed by atoms with E-state index in [1.165, 1.54) is 5.56 Å². The first-order valence-electron chi connectivity index (χ1n) is 16.8. The van der Waals surface area contributed by atoms with Crippen molar-refractivity contribution in [3.05, 3.63) is 146 Å². The summed E-state index contributed by atoms with van der Waals surface area (Å²) in [5.41, 5.74) is 10.4. The van der Waals surface area contributed by atoms with Gasteiger partial charge in [0.05, 0.1) is 11.6 Å². The first-order valence-corrected chi connectivity index (χ1v) is 16.8. The van der Waals surface area contributed by atoms with Crippen LogP contribution in [0, 0.1) is 0 Å². The van der Waals surface area contributed by atoms with Crippen LogP contribution in [-0.4, -0.2) is 0 Å². The zero-order valence-corrected chi connectivity index (χ0v) is 26.5. The van der Waals surface area contributed by atoms with Crippen LogP contribution in [0.4, 0.5) is 0 Å². The fourth-order valence-electron chi connectivity index (χ4n) is 8.45. The molecule has 12 aromatic rings. The molecule has 0 radical (unpaired) electrons. The van der Waals surface area contributed by atoms with Crippen molar-refractivity contribution in [1.29, 1.82) is 0 Å². The minimum atomic E-state index is 0.826. The van der Waals surface area contributed by atoms with Gasteiger partial charge in [0.25, 0.3) is 0 Å². The first-order chi connectivity index (χ1) is 24.8. The SMILES string of the molecule is c1ccc2c(c1)oc1cc3c(-c4c5ccccc5c(-c5cccc6oc7c(ccc8oc9ccccc9c87)c56)c5ccccc45)coc3cc12. The van der Waals surface area contributed by atoms with Crippen LogP contribution < -0.4 is 0 Å². The predicted octanol–water partition coefficient (Wildman–Crippen LogP) is 13.8. The summed E-state index contributed by atoms with van der Waals surface area (Å²) in [6.07, 6.45) is 1.91. The Morgan fingerprint density at radius 2 is 0.860 bits per heavy atom. The molecule has 0 bridgehead atoms. The summed E-state index contributed by atoms with van der Waals surface area (Å²) >= 11 is 0. The average Bonchev–Trinajstić information content (AvgIpc) is 3.93. The molecule has 0 fully saturated rings. The van der Waals surface area contributed by atoms with Crippen LogP contribution in [0.15, 0.2) is 163 Å². The van der Waals surface area contributed by atoms with E-state index in [9.17, 15) is 0 Å². The molecule has 4 heteroatoms. The van der Waals surface area contributed by atoms with Gasteiger partial charge < -0.3 is 17.7 Å². The second-order valence-electron chi connectivity index (χ2n) is 13.1. The third-order valence-electron chi connectivity index (χ3n) is 10.5. The Labute approximate surface area is 283 Å². The third-order valence-corrected chi connectivity index (χ3v) is 10.5. The van der Waals surface area contributed by atoms with Crippen molar-refractivity contribution < 1.29 is 17.7 Å². The van der Waals surface area contributed by atoms with E-state index in [4.69, 9.17) is 17.7 Å². The number of furan rings is 4. The fraction of sp³-hybridized carbons (Fsp3) is 0. The van der Waals surface area contributed by atoms with Gasteiger partial charge in [0, 0.05) is 43.4 Å². The standard InChI is InChI=1S/C46H24O4/c1-3-13-28-26(11-1)42(31-16-9-19-38-44(31)32-20-21-39-45(46(32)50-38)30-15-6-8-18-37(30)48-39)27-12-2-4-14-29(27)43(28)35-24-47-40-22-33-25-10-5-7-17-36(25)49-41(33)23-34(35)40/h1-24H. The molecule has 0 saturated carbocycles. The summed E-state index contributed by atoms with van der Waals surface area (Å²) in [6.45, 7) is 0. The molecule has 50 heavy (non-hydrogen) atoms. The second-order valence-corrected chi connectivity index (χ2v) is 13.1. The van der Waals surface area contributed by atoms with Crippen LogP contribution in [0.1, 0.15) is 0 Å². The number of rotatable bonds is 2. The van der Waals surface area contributed by atoms with E-state index < -0.39 is 0 Å². The van der Waals surface area contributed by atoms with Gasteiger partial charge in [0.1, 0.15) is 39.1 Å². The lowest BCUT2D eigenvalue weighted by molar-refractivity contribution is 0.617. The maximum absolute atomic E-state index is 6.72. The molecule has 0 aliphatic rings. The van der Waals surface area contributed by atoms with Gasteiger partial charge in [-0.25, -0.2) is 0 Å². The normalized spacial score (nSPS) is 12.4. The van der Waals surface area contributed by atoms with Crippen molar-refractivity contribution in [1.82, 2.24) is 0 Å². The van der Waals surface area contributed by atoms with E-state index in [2.05, 4.69) is 103 Å². The van der Waals surface area contributed by atoms with Gasteiger partial charge in [-0.05, 0) is 75.1 Å². The van der Waals surface area contributed by atoms with E-state index in [-0.39, 0.29) is 0 Å². The van der Waals surface area contributed by atoms with Gasteiger partial charge in [-0.15, -0.1) is 0 Å². The molecule has 0 spiro atoms. The molecule has 4 aromatic heterocycles. The van der Waals surface area contributed by atoms with Crippen molar-refractivity contribution in [3.63, 3.8) is 0 Å². The van der Waals surface area contributed by atoms with E-state index in [1.807, 2.05) is 42.7 Å². The van der Waals surface area contributed by atoms with Crippen LogP contribution in [-0.2, 0) is 0 Å². The molecule has 0 N–H and O–H groups in total. The molecule has 0 aliphatic carbocycles. The summed E-state index contributed by atoms with van der Waals surface area (Å²) in [6, 6.07) is 48.7. The third kappa shape index (κ3) is 3.34. The monoisotopic (exact) mass is 640 g/mol. The van der Waals surface area contributed by atoms with Crippen LogP contribution in [0.2, 0.25) is 0 Å². The lowest BCUT2D eigenvalue weighted by atomic mass is 9.85. The minimum Gasteiger partial charge on any atom is -0.464 e. The van der Waals surface area contributed by atoms with Crippen molar-refractivity contribution in [2.24, 2.45) is 0 Å². The van der Waals surface area contributed by atoms with Gasteiger partial charge >= 0.3 is 0 Å². The minimum absolute atomic E-state index is 0.826. The molecule has 8 aromatic carbocycles. The summed E-state index contributed by atoms with van der Waals surface area (Å²) in [5, 5.41) is 12.0. The van der Waals surface area contributed by atoms with Crippen molar-refractivity contribution in [2.75, 3.05) is 0 Å². The van der Waals surface area contributed by atoms with Crippen molar-refractivity contribution in [2.45, 2.75) is 0 Å². The number of fused-ring (bicyclic) bond motifs is 13. The van der Waals surface area contributed by atoms with Crippen molar-refractivity contribution >= 4 is 98.3 Å². The van der Waals surface area contributed by atoms with Crippen LogP contribution in [0.3, 0.4) is 0 Å². The van der Waals surface area contributed by atoms with E-state index in [1.54, 1.807) is 0 Å². The summed E-state index contributed by atoms with van der Waals surface area (Å²) < 4.78 is 25.6. The van der Waals surface area contributed by atoms with Gasteiger partial charge in [-0.2, -0.15) is 0 Å². The zero-order chi connectivity index (χ0) is 32.5. The maximum atomic E-state index is 6.72. The Kier molecular flexibility index (Phi) is 4.94.